The van der Waals surface area contributed by atoms with Crippen LogP contribution in [0.25, 0.3) is 0 Å². The van der Waals surface area contributed by atoms with Gasteiger partial charge in [0.25, 0.3) is 0 Å². The van der Waals surface area contributed by atoms with Gasteiger partial charge < -0.3 is 4.90 Å². The minimum atomic E-state index is -0.0386. The molecule has 2 aliphatic heterocycles. The summed E-state index contributed by atoms with van der Waals surface area (Å²) in [4.78, 5) is 26.8. The Morgan fingerprint density at radius 2 is 2.12 bits per heavy atom. The topological polar surface area (TPSA) is 61.8 Å². The highest BCUT2D eigenvalue weighted by molar-refractivity contribution is 8.00. The summed E-state index contributed by atoms with van der Waals surface area (Å²) in [6.07, 6.45) is 4.38. The van der Waals surface area contributed by atoms with Crippen molar-refractivity contribution in [2.24, 2.45) is 5.10 Å². The van der Waals surface area contributed by atoms with Crippen LogP contribution in [0.5, 0.6) is 0 Å². The molecular formula is C19H25N3O2S. The monoisotopic (exact) mass is 359 g/mol. The van der Waals surface area contributed by atoms with Crippen LogP contribution < -0.4 is 5.43 Å². The average molecular weight is 359 g/mol. The zero-order valence-electron chi connectivity index (χ0n) is 14.7. The third-order valence-electron chi connectivity index (χ3n) is 4.69. The van der Waals surface area contributed by atoms with Gasteiger partial charge in [-0.15, -0.1) is 11.8 Å². The van der Waals surface area contributed by atoms with Crippen LogP contribution in [0.3, 0.4) is 0 Å². The Morgan fingerprint density at radius 3 is 2.80 bits per heavy atom. The second-order valence-corrected chi connectivity index (χ2v) is 8.10. The molecule has 1 aromatic rings. The van der Waals surface area contributed by atoms with E-state index in [1.807, 2.05) is 16.7 Å². The largest absolute Gasteiger partial charge is 0.343 e. The van der Waals surface area contributed by atoms with Crippen molar-refractivity contribution in [3.8, 4) is 0 Å². The smallest absolute Gasteiger partial charge is 0.240 e. The lowest BCUT2D eigenvalue weighted by Crippen LogP contribution is -2.39. The maximum atomic E-state index is 12.4. The van der Waals surface area contributed by atoms with Crippen molar-refractivity contribution in [3.63, 3.8) is 0 Å². The molecule has 0 aliphatic carbocycles. The van der Waals surface area contributed by atoms with Crippen molar-refractivity contribution in [2.45, 2.75) is 55.6 Å². The Morgan fingerprint density at radius 1 is 1.32 bits per heavy atom. The van der Waals surface area contributed by atoms with Crippen LogP contribution in [-0.2, 0) is 9.59 Å². The lowest BCUT2D eigenvalue weighted by molar-refractivity contribution is -0.131. The zero-order valence-corrected chi connectivity index (χ0v) is 15.5. The fourth-order valence-electron chi connectivity index (χ4n) is 3.21. The summed E-state index contributed by atoms with van der Waals surface area (Å²) >= 11 is 1.93. The molecule has 1 fully saturated rings. The number of amides is 2. The summed E-state index contributed by atoms with van der Waals surface area (Å²) in [5.74, 6) is 0.168. The maximum Gasteiger partial charge on any atom is 0.240 e. The molecule has 1 aromatic carbocycles. The number of likely N-dealkylation sites (tertiary alicyclic amines) is 1. The van der Waals surface area contributed by atoms with Gasteiger partial charge in [0.15, 0.2) is 0 Å². The average Bonchev–Trinajstić information content (AvgIpc) is 2.62. The number of aryl methyl sites for hydroxylation is 1. The number of benzene rings is 1. The molecule has 1 N–H and O–H groups in total. The maximum absolute atomic E-state index is 12.4. The van der Waals surface area contributed by atoms with Gasteiger partial charge >= 0.3 is 0 Å². The summed E-state index contributed by atoms with van der Waals surface area (Å²) < 4.78 is 0. The number of hydrogen-bond donors (Lipinski definition) is 1. The molecule has 3 rings (SSSR count). The molecule has 6 heteroatoms. The fourth-order valence-corrected chi connectivity index (χ4v) is 4.45. The Kier molecular flexibility index (Phi) is 6.13. The highest BCUT2D eigenvalue weighted by Gasteiger charge is 2.24. The lowest BCUT2D eigenvalue weighted by Gasteiger charge is -2.32. The molecule has 2 aliphatic rings. The highest BCUT2D eigenvalue weighted by Crippen LogP contribution is 2.31. The van der Waals surface area contributed by atoms with E-state index in [1.165, 1.54) is 10.5 Å². The molecule has 0 radical (unpaired) electrons. The Hall–Kier alpha value is -1.82. The van der Waals surface area contributed by atoms with E-state index in [-0.39, 0.29) is 11.8 Å². The molecular weight excluding hydrogens is 334 g/mol. The zero-order chi connectivity index (χ0) is 17.6. The van der Waals surface area contributed by atoms with Crippen LogP contribution in [0.2, 0.25) is 0 Å². The van der Waals surface area contributed by atoms with Crippen LogP contribution in [0.15, 0.2) is 34.3 Å². The number of piperidine rings is 1. The van der Waals surface area contributed by atoms with Gasteiger partial charge in [0, 0.05) is 41.8 Å². The number of carbonyl (C=O) groups excluding carboxylic acids is 2. The number of rotatable bonds is 5. The Balaban J connectivity index is 1.41. The van der Waals surface area contributed by atoms with Crippen molar-refractivity contribution in [1.82, 2.24) is 10.3 Å². The van der Waals surface area contributed by atoms with Crippen molar-refractivity contribution in [1.29, 1.82) is 0 Å². The van der Waals surface area contributed by atoms with Crippen LogP contribution in [-0.4, -0.2) is 40.8 Å². The van der Waals surface area contributed by atoms with Crippen molar-refractivity contribution in [2.75, 3.05) is 13.1 Å². The van der Waals surface area contributed by atoms with Crippen LogP contribution in [0, 0.1) is 6.92 Å². The molecule has 2 amide bonds. The number of nitrogens with zero attached hydrogens (tertiary/aromatic N) is 2. The summed E-state index contributed by atoms with van der Waals surface area (Å²) in [6, 6.07) is 8.62. The first-order chi connectivity index (χ1) is 12.1. The van der Waals surface area contributed by atoms with Gasteiger partial charge in [-0.1, -0.05) is 17.7 Å². The first-order valence-corrected chi connectivity index (χ1v) is 9.83. The Bertz CT molecular complexity index is 666. The first kappa shape index (κ1) is 18.0. The predicted octanol–water partition coefficient (Wildman–Crippen LogP) is 3.12. The number of hydrazone groups is 1. The van der Waals surface area contributed by atoms with Crippen LogP contribution >= 0.6 is 11.8 Å². The molecule has 0 aromatic heterocycles. The standard InChI is InChI=1S/C19H25N3O2S/c1-14-3-2-4-17(13-14)25-16-9-11-22(12-10-16)19(24)8-6-15-5-7-18(23)21-20-15/h2-4,13,16H,5-12H2,1H3,(H,21,23). The molecule has 1 saturated heterocycles. The van der Waals surface area contributed by atoms with Gasteiger partial charge in [-0.05, 0) is 44.7 Å². The molecule has 0 saturated carbocycles. The molecule has 5 nitrogen and oxygen atoms in total. The predicted molar refractivity (Wildman–Crippen MR) is 101 cm³/mol. The number of thioether (sulfide) groups is 1. The minimum Gasteiger partial charge on any atom is -0.343 e. The minimum absolute atomic E-state index is 0.0386. The molecule has 0 bridgehead atoms. The summed E-state index contributed by atoms with van der Waals surface area (Å²) in [6.45, 7) is 3.80. The number of carbonyl (C=O) groups is 2. The van der Waals surface area contributed by atoms with E-state index in [2.05, 4.69) is 41.7 Å². The lowest BCUT2D eigenvalue weighted by atomic mass is 10.1. The third-order valence-corrected chi connectivity index (χ3v) is 6.02. The second kappa shape index (κ2) is 8.52. The molecule has 134 valence electrons. The van der Waals surface area contributed by atoms with Crippen molar-refractivity contribution in [3.05, 3.63) is 29.8 Å². The normalized spacial score (nSPS) is 18.7. The number of nitrogens with one attached hydrogen (secondary N) is 1. The van der Waals surface area contributed by atoms with E-state index in [4.69, 9.17) is 0 Å². The first-order valence-electron chi connectivity index (χ1n) is 8.95. The van der Waals surface area contributed by atoms with E-state index in [0.29, 0.717) is 30.9 Å². The van der Waals surface area contributed by atoms with Gasteiger partial charge in [-0.3, -0.25) is 9.59 Å². The van der Waals surface area contributed by atoms with Crippen LogP contribution in [0.4, 0.5) is 0 Å². The summed E-state index contributed by atoms with van der Waals surface area (Å²) in [7, 11) is 0. The van der Waals surface area contributed by atoms with Gasteiger partial charge in [0.1, 0.15) is 0 Å². The fraction of sp³-hybridized carbons (Fsp3) is 0.526. The van der Waals surface area contributed by atoms with E-state index in [9.17, 15) is 9.59 Å². The van der Waals surface area contributed by atoms with E-state index < -0.39 is 0 Å². The van der Waals surface area contributed by atoms with E-state index >= 15 is 0 Å². The SMILES string of the molecule is Cc1cccc(SC2CCN(C(=O)CCC3=NNC(=O)CC3)CC2)c1. The summed E-state index contributed by atoms with van der Waals surface area (Å²) in [5, 5.41) is 4.62. The van der Waals surface area contributed by atoms with Gasteiger partial charge in [0.05, 0.1) is 0 Å². The Labute approximate surface area is 153 Å². The van der Waals surface area contributed by atoms with Gasteiger partial charge in [0.2, 0.25) is 11.8 Å². The number of hydrogen-bond acceptors (Lipinski definition) is 4. The van der Waals surface area contributed by atoms with E-state index in [0.717, 1.165) is 31.6 Å². The molecule has 0 atom stereocenters. The highest BCUT2D eigenvalue weighted by atomic mass is 32.2. The molecule has 0 unspecified atom stereocenters. The third kappa shape index (κ3) is 5.33. The van der Waals surface area contributed by atoms with Crippen LogP contribution in [0.1, 0.15) is 44.1 Å². The summed E-state index contributed by atoms with van der Waals surface area (Å²) in [5.41, 5.74) is 4.71. The van der Waals surface area contributed by atoms with E-state index in [1.54, 1.807) is 0 Å². The van der Waals surface area contributed by atoms with Gasteiger partial charge in [-0.2, -0.15) is 5.10 Å². The van der Waals surface area contributed by atoms with Gasteiger partial charge in [-0.25, -0.2) is 5.43 Å². The quantitative estimate of drug-likeness (QED) is 0.879. The second-order valence-electron chi connectivity index (χ2n) is 6.73. The molecule has 0 spiro atoms. The molecule has 2 heterocycles. The molecule has 25 heavy (non-hydrogen) atoms. The van der Waals surface area contributed by atoms with Crippen molar-refractivity contribution < 1.29 is 9.59 Å². The van der Waals surface area contributed by atoms with Crippen molar-refractivity contribution >= 4 is 29.3 Å².